The zero-order valence-electron chi connectivity index (χ0n) is 11.9. The van der Waals surface area contributed by atoms with Gasteiger partial charge < -0.3 is 10.5 Å². The number of Topliss-reactive ketones (excluding diaryl/α,β-unsaturated/α-hetero) is 1. The molecule has 0 fully saturated rings. The third-order valence-electron chi connectivity index (χ3n) is 3.86. The lowest BCUT2D eigenvalue weighted by atomic mass is 9.93. The van der Waals surface area contributed by atoms with Crippen LogP contribution in [-0.2, 0) is 22.4 Å². The van der Waals surface area contributed by atoms with Gasteiger partial charge in [0.25, 0.3) is 0 Å². The molecule has 2 N–H and O–H groups in total. The Balaban J connectivity index is 1.68. The molecule has 1 atom stereocenters. The van der Waals surface area contributed by atoms with Crippen molar-refractivity contribution in [2.75, 3.05) is 12.3 Å². The van der Waals surface area contributed by atoms with E-state index in [1.807, 2.05) is 36.4 Å². The zero-order chi connectivity index (χ0) is 14.7. The molecule has 3 rings (SSSR count). The minimum Gasteiger partial charge on any atom is -0.399 e. The SMILES string of the molecule is Nc1cccc(CC(=O)CC2OCCc3ccccc32)c1. The molecule has 1 heterocycles. The van der Waals surface area contributed by atoms with E-state index in [1.165, 1.54) is 5.56 Å². The van der Waals surface area contributed by atoms with Crippen molar-refractivity contribution in [3.63, 3.8) is 0 Å². The van der Waals surface area contributed by atoms with E-state index in [0.717, 1.165) is 17.5 Å². The van der Waals surface area contributed by atoms with Gasteiger partial charge >= 0.3 is 0 Å². The van der Waals surface area contributed by atoms with Crippen LogP contribution < -0.4 is 5.73 Å². The maximum atomic E-state index is 12.3. The topological polar surface area (TPSA) is 52.3 Å². The number of ether oxygens (including phenoxy) is 1. The number of benzene rings is 2. The quantitative estimate of drug-likeness (QED) is 0.876. The second-order valence-electron chi connectivity index (χ2n) is 5.47. The van der Waals surface area contributed by atoms with Gasteiger partial charge in [-0.1, -0.05) is 36.4 Å². The van der Waals surface area contributed by atoms with Crippen molar-refractivity contribution in [3.05, 3.63) is 65.2 Å². The lowest BCUT2D eigenvalue weighted by molar-refractivity contribution is -0.121. The second kappa shape index (κ2) is 6.10. The van der Waals surface area contributed by atoms with Crippen LogP contribution in [0.5, 0.6) is 0 Å². The van der Waals surface area contributed by atoms with Gasteiger partial charge in [0.1, 0.15) is 5.78 Å². The summed E-state index contributed by atoms with van der Waals surface area (Å²) in [4.78, 5) is 12.3. The number of hydrogen-bond acceptors (Lipinski definition) is 3. The number of rotatable bonds is 4. The van der Waals surface area contributed by atoms with Gasteiger partial charge in [-0.05, 0) is 35.2 Å². The number of nitrogen functional groups attached to an aromatic ring is 1. The summed E-state index contributed by atoms with van der Waals surface area (Å²) in [7, 11) is 0. The van der Waals surface area contributed by atoms with Gasteiger partial charge in [0, 0.05) is 18.5 Å². The second-order valence-corrected chi connectivity index (χ2v) is 5.47. The highest BCUT2D eigenvalue weighted by molar-refractivity contribution is 5.81. The lowest BCUT2D eigenvalue weighted by Gasteiger charge is -2.25. The Hall–Kier alpha value is -2.13. The average Bonchev–Trinajstić information content (AvgIpc) is 2.47. The van der Waals surface area contributed by atoms with Crippen LogP contribution in [0.4, 0.5) is 5.69 Å². The molecule has 3 nitrogen and oxygen atoms in total. The Morgan fingerprint density at radius 1 is 1.19 bits per heavy atom. The van der Waals surface area contributed by atoms with Crippen LogP contribution in [0.2, 0.25) is 0 Å². The normalized spacial score (nSPS) is 17.2. The molecule has 21 heavy (non-hydrogen) atoms. The van der Waals surface area contributed by atoms with Crippen LogP contribution >= 0.6 is 0 Å². The van der Waals surface area contributed by atoms with E-state index >= 15 is 0 Å². The van der Waals surface area contributed by atoms with E-state index < -0.39 is 0 Å². The molecule has 0 amide bonds. The summed E-state index contributed by atoms with van der Waals surface area (Å²) in [5.41, 5.74) is 9.86. The minimum absolute atomic E-state index is 0.108. The molecule has 3 heteroatoms. The van der Waals surface area contributed by atoms with E-state index in [4.69, 9.17) is 10.5 Å². The van der Waals surface area contributed by atoms with Crippen molar-refractivity contribution in [2.24, 2.45) is 0 Å². The summed E-state index contributed by atoms with van der Waals surface area (Å²) in [6, 6.07) is 15.7. The standard InChI is InChI=1S/C18H19NO2/c19-15-6-3-4-13(10-15)11-16(20)12-18-17-7-2-1-5-14(17)8-9-21-18/h1-7,10,18H,8-9,11-12,19H2. The maximum Gasteiger partial charge on any atom is 0.140 e. The first-order valence-electron chi connectivity index (χ1n) is 7.28. The highest BCUT2D eigenvalue weighted by Gasteiger charge is 2.22. The van der Waals surface area contributed by atoms with E-state index in [-0.39, 0.29) is 11.9 Å². The molecule has 0 radical (unpaired) electrons. The van der Waals surface area contributed by atoms with Crippen LogP contribution in [-0.4, -0.2) is 12.4 Å². The molecule has 0 aromatic heterocycles. The number of hydrogen-bond donors (Lipinski definition) is 1. The monoisotopic (exact) mass is 281 g/mol. The van der Waals surface area contributed by atoms with Crippen molar-refractivity contribution in [1.82, 2.24) is 0 Å². The summed E-state index contributed by atoms with van der Waals surface area (Å²) < 4.78 is 5.79. The van der Waals surface area contributed by atoms with Crippen LogP contribution in [0.25, 0.3) is 0 Å². The smallest absolute Gasteiger partial charge is 0.140 e. The highest BCUT2D eigenvalue weighted by Crippen LogP contribution is 2.30. The molecule has 2 aromatic carbocycles. The predicted molar refractivity (Wildman–Crippen MR) is 83.0 cm³/mol. The molecule has 0 bridgehead atoms. The summed E-state index contributed by atoms with van der Waals surface area (Å²) >= 11 is 0. The van der Waals surface area contributed by atoms with Crippen molar-refractivity contribution < 1.29 is 9.53 Å². The predicted octanol–water partition coefficient (Wildman–Crippen LogP) is 3.08. The van der Waals surface area contributed by atoms with E-state index in [0.29, 0.717) is 25.1 Å². The van der Waals surface area contributed by atoms with Gasteiger partial charge in [-0.25, -0.2) is 0 Å². The average molecular weight is 281 g/mol. The molecular formula is C18H19NO2. The molecule has 1 aliphatic rings. The fourth-order valence-electron chi connectivity index (χ4n) is 2.86. The first-order chi connectivity index (χ1) is 10.2. The van der Waals surface area contributed by atoms with Gasteiger partial charge in [-0.2, -0.15) is 0 Å². The number of anilines is 1. The van der Waals surface area contributed by atoms with Crippen molar-refractivity contribution in [1.29, 1.82) is 0 Å². The molecule has 0 spiro atoms. The molecule has 108 valence electrons. The van der Waals surface area contributed by atoms with E-state index in [9.17, 15) is 4.79 Å². The summed E-state index contributed by atoms with van der Waals surface area (Å²) in [6.45, 7) is 0.688. The summed E-state index contributed by atoms with van der Waals surface area (Å²) in [5, 5.41) is 0. The highest BCUT2D eigenvalue weighted by atomic mass is 16.5. The fraction of sp³-hybridized carbons (Fsp3) is 0.278. The van der Waals surface area contributed by atoms with E-state index in [1.54, 1.807) is 0 Å². The number of ketones is 1. The molecule has 1 aliphatic heterocycles. The Labute approximate surface area is 124 Å². The minimum atomic E-state index is -0.108. The Bertz CT molecular complexity index is 651. The van der Waals surface area contributed by atoms with Crippen LogP contribution in [0.15, 0.2) is 48.5 Å². The molecule has 2 aromatic rings. The number of carbonyl (C=O) groups is 1. The Morgan fingerprint density at radius 3 is 2.90 bits per heavy atom. The third-order valence-corrected chi connectivity index (χ3v) is 3.86. The van der Waals surface area contributed by atoms with Gasteiger partial charge in [0.05, 0.1) is 12.7 Å². The lowest BCUT2D eigenvalue weighted by Crippen LogP contribution is -2.19. The summed E-state index contributed by atoms with van der Waals surface area (Å²) in [5.74, 6) is 0.183. The Kier molecular flexibility index (Phi) is 4.02. The largest absolute Gasteiger partial charge is 0.399 e. The molecule has 0 saturated carbocycles. The van der Waals surface area contributed by atoms with Crippen molar-refractivity contribution in [3.8, 4) is 0 Å². The van der Waals surface area contributed by atoms with Crippen molar-refractivity contribution >= 4 is 11.5 Å². The summed E-state index contributed by atoms with van der Waals surface area (Å²) in [6.07, 6.45) is 1.65. The van der Waals surface area contributed by atoms with Crippen molar-refractivity contribution in [2.45, 2.75) is 25.4 Å². The zero-order valence-corrected chi connectivity index (χ0v) is 11.9. The van der Waals surface area contributed by atoms with Gasteiger partial charge in [-0.15, -0.1) is 0 Å². The van der Waals surface area contributed by atoms with Gasteiger partial charge in [0.2, 0.25) is 0 Å². The van der Waals surface area contributed by atoms with Crippen LogP contribution in [0, 0.1) is 0 Å². The fourth-order valence-corrected chi connectivity index (χ4v) is 2.86. The van der Waals surface area contributed by atoms with Gasteiger partial charge in [0.15, 0.2) is 0 Å². The maximum absolute atomic E-state index is 12.3. The van der Waals surface area contributed by atoms with E-state index in [2.05, 4.69) is 12.1 Å². The first-order valence-corrected chi connectivity index (χ1v) is 7.28. The number of fused-ring (bicyclic) bond motifs is 1. The first kappa shape index (κ1) is 13.8. The van der Waals surface area contributed by atoms with Crippen LogP contribution in [0.3, 0.4) is 0 Å². The molecule has 0 aliphatic carbocycles. The van der Waals surface area contributed by atoms with Crippen LogP contribution in [0.1, 0.15) is 29.2 Å². The van der Waals surface area contributed by atoms with Gasteiger partial charge in [-0.3, -0.25) is 4.79 Å². The molecule has 0 saturated heterocycles. The third kappa shape index (κ3) is 3.31. The molecular weight excluding hydrogens is 262 g/mol. The Morgan fingerprint density at radius 2 is 2.05 bits per heavy atom. The number of nitrogens with two attached hydrogens (primary N) is 1. The number of carbonyl (C=O) groups excluding carboxylic acids is 1. The molecule has 1 unspecified atom stereocenters.